The molecule has 1 rings (SSSR count). The summed E-state index contributed by atoms with van der Waals surface area (Å²) in [6.45, 7) is 5.27. The van der Waals surface area contributed by atoms with Crippen LogP contribution in [0.15, 0.2) is 18.2 Å². The molecule has 0 radical (unpaired) electrons. The molecule has 0 atom stereocenters. The van der Waals surface area contributed by atoms with Gasteiger partial charge in [-0.15, -0.1) is 0 Å². The van der Waals surface area contributed by atoms with Crippen LogP contribution in [0.2, 0.25) is 0 Å². The number of hydrogen-bond acceptors (Lipinski definition) is 2. The average molecular weight is 180 g/mol. The molecular weight excluding hydrogens is 164 g/mol. The first-order valence-electron chi connectivity index (χ1n) is 4.66. The molecule has 0 saturated carbocycles. The van der Waals surface area contributed by atoms with Crippen molar-refractivity contribution in [3.05, 3.63) is 29.3 Å². The Morgan fingerprint density at radius 1 is 1.31 bits per heavy atom. The summed E-state index contributed by atoms with van der Waals surface area (Å²) in [4.78, 5) is 0. The predicted octanol–water partition coefficient (Wildman–Crippen LogP) is 2.49. The Labute approximate surface area is 79.2 Å². The van der Waals surface area contributed by atoms with Crippen molar-refractivity contribution in [2.75, 3.05) is 6.61 Å². The van der Waals surface area contributed by atoms with Crippen LogP contribution in [0.25, 0.3) is 0 Å². The molecule has 0 unspecified atom stereocenters. The highest BCUT2D eigenvalue weighted by Crippen LogP contribution is 2.19. The molecule has 0 saturated heterocycles. The molecule has 1 aromatic carbocycles. The third-order valence-electron chi connectivity index (χ3n) is 2.00. The van der Waals surface area contributed by atoms with Crippen molar-refractivity contribution in [1.29, 1.82) is 0 Å². The van der Waals surface area contributed by atoms with Crippen LogP contribution in [-0.2, 0) is 17.8 Å². The smallest absolute Gasteiger partial charge is 0.119 e. The summed E-state index contributed by atoms with van der Waals surface area (Å²) in [6.07, 6.45) is 0.862. The Bertz CT molecular complexity index is 269. The highest BCUT2D eigenvalue weighted by molar-refractivity contribution is 5.36. The van der Waals surface area contributed by atoms with Gasteiger partial charge in [0, 0.05) is 6.61 Å². The summed E-state index contributed by atoms with van der Waals surface area (Å²) in [5.74, 6) is 0.375. The molecule has 0 aliphatic heterocycles. The van der Waals surface area contributed by atoms with Gasteiger partial charge in [0.2, 0.25) is 0 Å². The van der Waals surface area contributed by atoms with E-state index in [0.717, 1.165) is 17.5 Å². The van der Waals surface area contributed by atoms with E-state index < -0.39 is 0 Å². The van der Waals surface area contributed by atoms with Crippen LogP contribution < -0.4 is 0 Å². The summed E-state index contributed by atoms with van der Waals surface area (Å²) >= 11 is 0. The lowest BCUT2D eigenvalue weighted by molar-refractivity contribution is 0.134. The maximum atomic E-state index is 9.54. The molecule has 0 fully saturated rings. The Balaban J connectivity index is 2.71. The largest absolute Gasteiger partial charge is 0.508 e. The van der Waals surface area contributed by atoms with Gasteiger partial charge in [0.15, 0.2) is 0 Å². The fourth-order valence-corrected chi connectivity index (χ4v) is 1.22. The van der Waals surface area contributed by atoms with Gasteiger partial charge in [0.25, 0.3) is 0 Å². The Kier molecular flexibility index (Phi) is 3.77. The topological polar surface area (TPSA) is 29.5 Å². The average Bonchev–Trinajstić information content (AvgIpc) is 2.15. The summed E-state index contributed by atoms with van der Waals surface area (Å²) in [5.41, 5.74) is 2.01. The van der Waals surface area contributed by atoms with Gasteiger partial charge in [-0.05, 0) is 30.5 Å². The molecular formula is C11H16O2. The summed E-state index contributed by atoms with van der Waals surface area (Å²) in [5, 5.41) is 9.54. The van der Waals surface area contributed by atoms with Gasteiger partial charge in [0.1, 0.15) is 5.75 Å². The zero-order valence-corrected chi connectivity index (χ0v) is 8.21. The molecule has 2 heteroatoms. The van der Waals surface area contributed by atoms with Crippen LogP contribution in [0.5, 0.6) is 5.75 Å². The number of phenols is 1. The third kappa shape index (κ3) is 2.74. The van der Waals surface area contributed by atoms with Crippen molar-refractivity contribution in [3.8, 4) is 5.75 Å². The van der Waals surface area contributed by atoms with Crippen molar-refractivity contribution >= 4 is 0 Å². The second-order valence-electron chi connectivity index (χ2n) is 2.95. The van der Waals surface area contributed by atoms with Crippen LogP contribution in [0.3, 0.4) is 0 Å². The summed E-state index contributed by atoms with van der Waals surface area (Å²) in [7, 11) is 0. The monoisotopic (exact) mass is 180 g/mol. The fourth-order valence-electron chi connectivity index (χ4n) is 1.22. The Morgan fingerprint density at radius 3 is 2.62 bits per heavy atom. The van der Waals surface area contributed by atoms with E-state index >= 15 is 0 Å². The van der Waals surface area contributed by atoms with Crippen LogP contribution in [0, 0.1) is 0 Å². The first-order valence-corrected chi connectivity index (χ1v) is 4.66. The lowest BCUT2D eigenvalue weighted by atomic mass is 10.1. The van der Waals surface area contributed by atoms with Crippen LogP contribution in [0.4, 0.5) is 0 Å². The SMILES string of the molecule is CCOCc1ccc(CC)c(O)c1. The first kappa shape index (κ1) is 10.1. The molecule has 72 valence electrons. The lowest BCUT2D eigenvalue weighted by Crippen LogP contribution is -1.92. The molecule has 2 nitrogen and oxygen atoms in total. The second kappa shape index (κ2) is 4.87. The van der Waals surface area contributed by atoms with E-state index in [1.165, 1.54) is 0 Å². The van der Waals surface area contributed by atoms with E-state index in [9.17, 15) is 5.11 Å². The molecule has 13 heavy (non-hydrogen) atoms. The minimum Gasteiger partial charge on any atom is -0.508 e. The molecule has 0 bridgehead atoms. The highest BCUT2D eigenvalue weighted by atomic mass is 16.5. The zero-order chi connectivity index (χ0) is 9.68. The van der Waals surface area contributed by atoms with E-state index in [1.54, 1.807) is 6.07 Å². The van der Waals surface area contributed by atoms with E-state index in [-0.39, 0.29) is 0 Å². The van der Waals surface area contributed by atoms with Gasteiger partial charge >= 0.3 is 0 Å². The van der Waals surface area contributed by atoms with Crippen LogP contribution >= 0.6 is 0 Å². The number of ether oxygens (including phenoxy) is 1. The van der Waals surface area contributed by atoms with Gasteiger partial charge < -0.3 is 9.84 Å². The van der Waals surface area contributed by atoms with E-state index in [1.807, 2.05) is 26.0 Å². The molecule has 0 spiro atoms. The molecule has 0 amide bonds. The number of benzene rings is 1. The first-order chi connectivity index (χ1) is 6.27. The van der Waals surface area contributed by atoms with E-state index in [2.05, 4.69) is 0 Å². The highest BCUT2D eigenvalue weighted by Gasteiger charge is 2.00. The predicted molar refractivity (Wildman–Crippen MR) is 52.8 cm³/mol. The summed E-state index contributed by atoms with van der Waals surface area (Å²) < 4.78 is 5.24. The van der Waals surface area contributed by atoms with Crippen molar-refractivity contribution < 1.29 is 9.84 Å². The standard InChI is InChI=1S/C11H16O2/c1-3-10-6-5-9(7-11(10)12)8-13-4-2/h5-7,12H,3-4,8H2,1-2H3. The van der Waals surface area contributed by atoms with Crippen molar-refractivity contribution in [2.24, 2.45) is 0 Å². The number of rotatable bonds is 4. The molecule has 0 aromatic heterocycles. The number of aryl methyl sites for hydroxylation is 1. The Morgan fingerprint density at radius 2 is 2.08 bits per heavy atom. The molecule has 0 heterocycles. The van der Waals surface area contributed by atoms with Crippen LogP contribution in [-0.4, -0.2) is 11.7 Å². The maximum absolute atomic E-state index is 9.54. The fraction of sp³-hybridized carbons (Fsp3) is 0.455. The van der Waals surface area contributed by atoms with E-state index in [4.69, 9.17) is 4.74 Å². The van der Waals surface area contributed by atoms with Gasteiger partial charge in [0.05, 0.1) is 6.61 Å². The normalized spacial score (nSPS) is 10.3. The quantitative estimate of drug-likeness (QED) is 0.771. The summed E-state index contributed by atoms with van der Waals surface area (Å²) in [6, 6.07) is 5.71. The number of aromatic hydroxyl groups is 1. The maximum Gasteiger partial charge on any atom is 0.119 e. The van der Waals surface area contributed by atoms with Crippen LogP contribution in [0.1, 0.15) is 25.0 Å². The minimum absolute atomic E-state index is 0.375. The Hall–Kier alpha value is -1.02. The van der Waals surface area contributed by atoms with Gasteiger partial charge in [-0.1, -0.05) is 19.1 Å². The molecule has 1 N–H and O–H groups in total. The van der Waals surface area contributed by atoms with Crippen molar-refractivity contribution in [1.82, 2.24) is 0 Å². The number of hydrogen-bond donors (Lipinski definition) is 1. The van der Waals surface area contributed by atoms with Crippen molar-refractivity contribution in [2.45, 2.75) is 26.9 Å². The number of phenolic OH excluding ortho intramolecular Hbond substituents is 1. The van der Waals surface area contributed by atoms with Gasteiger partial charge in [-0.3, -0.25) is 0 Å². The third-order valence-corrected chi connectivity index (χ3v) is 2.00. The minimum atomic E-state index is 0.375. The van der Waals surface area contributed by atoms with Gasteiger partial charge in [-0.25, -0.2) is 0 Å². The molecule has 1 aromatic rings. The molecule has 0 aliphatic carbocycles. The molecule has 0 aliphatic rings. The lowest BCUT2D eigenvalue weighted by Gasteiger charge is -2.05. The van der Waals surface area contributed by atoms with E-state index in [0.29, 0.717) is 19.0 Å². The van der Waals surface area contributed by atoms with Crippen molar-refractivity contribution in [3.63, 3.8) is 0 Å². The van der Waals surface area contributed by atoms with Gasteiger partial charge in [-0.2, -0.15) is 0 Å². The zero-order valence-electron chi connectivity index (χ0n) is 8.21. The second-order valence-corrected chi connectivity index (χ2v) is 2.95.